The van der Waals surface area contributed by atoms with Crippen LogP contribution in [0.15, 0.2) is 22.9 Å². The van der Waals surface area contributed by atoms with Crippen molar-refractivity contribution in [1.29, 1.82) is 0 Å². The van der Waals surface area contributed by atoms with Crippen LogP contribution in [0.2, 0.25) is 0 Å². The maximum Gasteiger partial charge on any atom is 0.203 e. The summed E-state index contributed by atoms with van der Waals surface area (Å²) in [4.78, 5) is 7.91. The number of aromatic nitrogens is 2. The second kappa shape index (κ2) is 4.73. The molecular weight excluding hydrogens is 220 g/mol. The molecule has 0 saturated heterocycles. The molecule has 2 aromatic rings. The molecule has 0 aliphatic carbocycles. The summed E-state index contributed by atoms with van der Waals surface area (Å²) in [5.41, 5.74) is 5.67. The van der Waals surface area contributed by atoms with Gasteiger partial charge in [0.2, 0.25) is 5.75 Å². The van der Waals surface area contributed by atoms with E-state index >= 15 is 0 Å². The number of aryl methyl sites for hydroxylation is 1. The predicted octanol–water partition coefficient (Wildman–Crippen LogP) is 1.58. The van der Waals surface area contributed by atoms with E-state index in [0.29, 0.717) is 23.9 Å². The van der Waals surface area contributed by atoms with E-state index in [1.54, 1.807) is 0 Å². The summed E-state index contributed by atoms with van der Waals surface area (Å²) >= 11 is 0. The molecule has 0 bridgehead atoms. The summed E-state index contributed by atoms with van der Waals surface area (Å²) in [6, 6.07) is 3.81. The summed E-state index contributed by atoms with van der Waals surface area (Å²) in [6.45, 7) is 2.41. The van der Waals surface area contributed by atoms with E-state index in [1.165, 1.54) is 13.4 Å². The number of hydrogen-bond donors (Lipinski definition) is 2. The van der Waals surface area contributed by atoms with Gasteiger partial charge in [-0.25, -0.2) is 9.97 Å². The number of rotatable bonds is 4. The number of nitrogens with zero attached hydrogens (tertiary/aromatic N) is 2. The maximum atomic E-state index is 5.67. The van der Waals surface area contributed by atoms with Crippen LogP contribution in [0.3, 0.4) is 0 Å². The molecule has 0 unspecified atom stereocenters. The normalized spacial score (nSPS) is 10.2. The van der Waals surface area contributed by atoms with Crippen LogP contribution in [0.5, 0.6) is 5.75 Å². The summed E-state index contributed by atoms with van der Waals surface area (Å²) in [5.74, 6) is 2.99. The Morgan fingerprint density at radius 3 is 2.88 bits per heavy atom. The van der Waals surface area contributed by atoms with Crippen molar-refractivity contribution in [2.75, 3.05) is 18.2 Å². The average molecular weight is 234 g/mol. The highest BCUT2D eigenvalue weighted by atomic mass is 16.5. The van der Waals surface area contributed by atoms with E-state index in [4.69, 9.17) is 14.9 Å². The smallest absolute Gasteiger partial charge is 0.203 e. The summed E-state index contributed by atoms with van der Waals surface area (Å²) in [6.07, 6.45) is 1.38. The SMILES string of the molecule is COc1c(N)ncnc1NCc1ccc(C)o1. The Bertz CT molecular complexity index is 510. The molecule has 17 heavy (non-hydrogen) atoms. The van der Waals surface area contributed by atoms with Gasteiger partial charge in [0, 0.05) is 0 Å². The molecule has 0 aliphatic rings. The fraction of sp³-hybridized carbons (Fsp3) is 0.273. The van der Waals surface area contributed by atoms with Crippen LogP contribution in [-0.2, 0) is 6.54 Å². The van der Waals surface area contributed by atoms with Crippen LogP contribution in [0.1, 0.15) is 11.5 Å². The van der Waals surface area contributed by atoms with Gasteiger partial charge in [0.25, 0.3) is 0 Å². The number of anilines is 2. The van der Waals surface area contributed by atoms with Gasteiger partial charge < -0.3 is 20.2 Å². The fourth-order valence-electron chi connectivity index (χ4n) is 1.47. The molecule has 0 aliphatic heterocycles. The first-order chi connectivity index (χ1) is 8.20. The molecule has 0 atom stereocenters. The lowest BCUT2D eigenvalue weighted by Crippen LogP contribution is -2.05. The fourth-order valence-corrected chi connectivity index (χ4v) is 1.47. The van der Waals surface area contributed by atoms with E-state index in [2.05, 4.69) is 15.3 Å². The van der Waals surface area contributed by atoms with Gasteiger partial charge in [0.1, 0.15) is 17.8 Å². The van der Waals surface area contributed by atoms with Gasteiger partial charge >= 0.3 is 0 Å². The van der Waals surface area contributed by atoms with E-state index in [0.717, 1.165) is 11.5 Å². The number of methoxy groups -OCH3 is 1. The maximum absolute atomic E-state index is 5.67. The van der Waals surface area contributed by atoms with Crippen molar-refractivity contribution in [1.82, 2.24) is 9.97 Å². The largest absolute Gasteiger partial charge is 0.490 e. The third kappa shape index (κ3) is 2.47. The predicted molar refractivity (Wildman–Crippen MR) is 63.8 cm³/mol. The molecule has 6 nitrogen and oxygen atoms in total. The minimum absolute atomic E-state index is 0.306. The molecule has 2 rings (SSSR count). The molecule has 3 N–H and O–H groups in total. The zero-order chi connectivity index (χ0) is 12.3. The molecule has 2 aromatic heterocycles. The van der Waals surface area contributed by atoms with Crippen molar-refractivity contribution in [3.8, 4) is 5.75 Å². The number of nitrogens with two attached hydrogens (primary N) is 1. The van der Waals surface area contributed by atoms with Crippen LogP contribution in [0.25, 0.3) is 0 Å². The minimum atomic E-state index is 0.306. The van der Waals surface area contributed by atoms with Gasteiger partial charge in [0.15, 0.2) is 11.6 Å². The molecule has 0 spiro atoms. The molecule has 90 valence electrons. The quantitative estimate of drug-likeness (QED) is 0.835. The van der Waals surface area contributed by atoms with Crippen molar-refractivity contribution < 1.29 is 9.15 Å². The van der Waals surface area contributed by atoms with Gasteiger partial charge in [0.05, 0.1) is 13.7 Å². The van der Waals surface area contributed by atoms with Crippen LogP contribution in [0, 0.1) is 6.92 Å². The standard InChI is InChI=1S/C11H14N4O2/c1-7-3-4-8(17-7)5-13-11-9(16-2)10(12)14-6-15-11/h3-4,6H,5H2,1-2H3,(H3,12,13,14,15). The lowest BCUT2D eigenvalue weighted by atomic mass is 10.4. The molecule has 0 aromatic carbocycles. The van der Waals surface area contributed by atoms with Crippen molar-refractivity contribution in [2.45, 2.75) is 13.5 Å². The second-order valence-corrected chi connectivity index (χ2v) is 3.51. The Labute approximate surface area is 98.8 Å². The first-order valence-electron chi connectivity index (χ1n) is 5.14. The molecule has 2 heterocycles. The number of furan rings is 1. The van der Waals surface area contributed by atoms with Gasteiger partial charge in [-0.3, -0.25) is 0 Å². The molecule has 0 fully saturated rings. The van der Waals surface area contributed by atoms with Gasteiger partial charge in [-0.05, 0) is 19.1 Å². The highest BCUT2D eigenvalue weighted by Crippen LogP contribution is 2.26. The van der Waals surface area contributed by atoms with E-state index in [9.17, 15) is 0 Å². The van der Waals surface area contributed by atoms with Crippen molar-refractivity contribution in [3.05, 3.63) is 30.0 Å². The molecule has 6 heteroatoms. The summed E-state index contributed by atoms with van der Waals surface area (Å²) in [5, 5.41) is 3.08. The van der Waals surface area contributed by atoms with E-state index in [1.807, 2.05) is 19.1 Å². The third-order valence-electron chi connectivity index (χ3n) is 2.26. The number of hydrogen-bond acceptors (Lipinski definition) is 6. The number of nitrogens with one attached hydrogen (secondary N) is 1. The van der Waals surface area contributed by atoms with Crippen molar-refractivity contribution >= 4 is 11.6 Å². The third-order valence-corrected chi connectivity index (χ3v) is 2.26. The monoisotopic (exact) mass is 234 g/mol. The zero-order valence-electron chi connectivity index (χ0n) is 9.73. The average Bonchev–Trinajstić information content (AvgIpc) is 2.72. The summed E-state index contributed by atoms with van der Waals surface area (Å²) < 4.78 is 10.6. The summed E-state index contributed by atoms with van der Waals surface area (Å²) in [7, 11) is 1.53. The van der Waals surface area contributed by atoms with Gasteiger partial charge in [-0.1, -0.05) is 0 Å². The Kier molecular flexibility index (Phi) is 3.13. The highest BCUT2D eigenvalue weighted by Gasteiger charge is 2.09. The van der Waals surface area contributed by atoms with Crippen molar-refractivity contribution in [2.24, 2.45) is 0 Å². The Morgan fingerprint density at radius 1 is 1.41 bits per heavy atom. The highest BCUT2D eigenvalue weighted by molar-refractivity contribution is 5.61. The molecular formula is C11H14N4O2. The first kappa shape index (κ1) is 11.3. The van der Waals surface area contributed by atoms with Crippen LogP contribution < -0.4 is 15.8 Å². The van der Waals surface area contributed by atoms with Crippen molar-refractivity contribution in [3.63, 3.8) is 0 Å². The topological polar surface area (TPSA) is 86.2 Å². The van der Waals surface area contributed by atoms with Gasteiger partial charge in [-0.2, -0.15) is 0 Å². The lowest BCUT2D eigenvalue weighted by Gasteiger charge is -2.09. The van der Waals surface area contributed by atoms with E-state index in [-0.39, 0.29) is 0 Å². The molecule has 0 saturated carbocycles. The molecule has 0 radical (unpaired) electrons. The Morgan fingerprint density at radius 2 is 2.24 bits per heavy atom. The number of ether oxygens (including phenoxy) is 1. The van der Waals surface area contributed by atoms with E-state index < -0.39 is 0 Å². The Balaban J connectivity index is 2.11. The second-order valence-electron chi connectivity index (χ2n) is 3.51. The number of nitrogen functional groups attached to an aromatic ring is 1. The van der Waals surface area contributed by atoms with Crippen LogP contribution >= 0.6 is 0 Å². The zero-order valence-corrected chi connectivity index (χ0v) is 9.73. The lowest BCUT2D eigenvalue weighted by molar-refractivity contribution is 0.415. The molecule has 0 amide bonds. The first-order valence-corrected chi connectivity index (χ1v) is 5.14. The van der Waals surface area contributed by atoms with Crippen LogP contribution in [-0.4, -0.2) is 17.1 Å². The van der Waals surface area contributed by atoms with Gasteiger partial charge in [-0.15, -0.1) is 0 Å². The Hall–Kier alpha value is -2.24. The van der Waals surface area contributed by atoms with Crippen LogP contribution in [0.4, 0.5) is 11.6 Å². The minimum Gasteiger partial charge on any atom is -0.490 e.